The first-order chi connectivity index (χ1) is 8.65. The van der Waals surface area contributed by atoms with Gasteiger partial charge in [0.05, 0.1) is 18.1 Å². The zero-order chi connectivity index (χ0) is 13.0. The van der Waals surface area contributed by atoms with Crippen molar-refractivity contribution in [3.8, 4) is 0 Å². The lowest BCUT2D eigenvalue weighted by atomic mass is 10.3. The average Bonchev–Trinajstić information content (AvgIpc) is 2.96. The molecule has 1 N–H and O–H groups in total. The number of ketones is 1. The number of thioether (sulfide) groups is 1. The fraction of sp³-hybridized carbons (Fsp3) is 0.364. The number of furan rings is 1. The number of nitrogens with one attached hydrogen (secondary N) is 1. The Labute approximate surface area is 113 Å². The van der Waals surface area contributed by atoms with Crippen molar-refractivity contribution in [2.45, 2.75) is 30.0 Å². The maximum atomic E-state index is 11.1. The second kappa shape index (κ2) is 6.01. The minimum atomic E-state index is -0.0872. The predicted octanol–water partition coefficient (Wildman–Crippen LogP) is 2.81. The molecule has 0 aliphatic rings. The summed E-state index contributed by atoms with van der Waals surface area (Å²) in [5.74, 6) is 0.983. The van der Waals surface area contributed by atoms with Crippen molar-refractivity contribution in [2.24, 2.45) is 0 Å². The third-order valence-corrected chi connectivity index (χ3v) is 4.43. The molecule has 0 aliphatic heterocycles. The quantitative estimate of drug-likeness (QED) is 0.822. The summed E-state index contributed by atoms with van der Waals surface area (Å²) in [5.41, 5.74) is 0. The average molecular weight is 283 g/mol. The molecule has 0 amide bonds. The van der Waals surface area contributed by atoms with E-state index in [-0.39, 0.29) is 11.0 Å². The van der Waals surface area contributed by atoms with Gasteiger partial charge in [-0.05, 0) is 26.0 Å². The Morgan fingerprint density at radius 1 is 1.61 bits per heavy atom. The van der Waals surface area contributed by atoms with Gasteiger partial charge in [-0.1, -0.05) is 23.1 Å². The van der Waals surface area contributed by atoms with Crippen LogP contribution >= 0.6 is 23.1 Å². The van der Waals surface area contributed by atoms with Crippen LogP contribution in [0.15, 0.2) is 27.2 Å². The van der Waals surface area contributed by atoms with E-state index in [4.69, 9.17) is 4.42 Å². The molecular formula is C11H13N3O2S2. The van der Waals surface area contributed by atoms with Crippen molar-refractivity contribution in [3.63, 3.8) is 0 Å². The van der Waals surface area contributed by atoms with Gasteiger partial charge in [-0.3, -0.25) is 4.79 Å². The van der Waals surface area contributed by atoms with Crippen molar-refractivity contribution < 1.29 is 9.21 Å². The van der Waals surface area contributed by atoms with Crippen LogP contribution in [0.25, 0.3) is 0 Å². The fourth-order valence-electron chi connectivity index (χ4n) is 1.14. The number of aromatic nitrogens is 2. The van der Waals surface area contributed by atoms with Gasteiger partial charge < -0.3 is 9.73 Å². The summed E-state index contributed by atoms with van der Waals surface area (Å²) < 4.78 is 5.99. The van der Waals surface area contributed by atoms with Crippen LogP contribution < -0.4 is 5.32 Å². The molecule has 96 valence electrons. The molecule has 0 unspecified atom stereocenters. The first-order valence-corrected chi connectivity index (χ1v) is 7.11. The van der Waals surface area contributed by atoms with Crippen molar-refractivity contribution in [1.29, 1.82) is 0 Å². The molecule has 0 saturated heterocycles. The Kier molecular flexibility index (Phi) is 4.38. The van der Waals surface area contributed by atoms with Gasteiger partial charge in [-0.15, -0.1) is 10.2 Å². The van der Waals surface area contributed by atoms with Crippen LogP contribution in [-0.4, -0.2) is 21.2 Å². The van der Waals surface area contributed by atoms with E-state index in [9.17, 15) is 4.79 Å². The van der Waals surface area contributed by atoms with Gasteiger partial charge in [0.15, 0.2) is 4.34 Å². The topological polar surface area (TPSA) is 68.0 Å². The van der Waals surface area contributed by atoms with Crippen LogP contribution in [0, 0.1) is 0 Å². The molecule has 2 aromatic rings. The molecule has 18 heavy (non-hydrogen) atoms. The molecule has 0 saturated carbocycles. The largest absolute Gasteiger partial charge is 0.467 e. The molecule has 0 bridgehead atoms. The normalized spacial score (nSPS) is 12.3. The molecule has 0 aliphatic carbocycles. The molecule has 2 aromatic heterocycles. The highest BCUT2D eigenvalue weighted by atomic mass is 32.2. The first-order valence-electron chi connectivity index (χ1n) is 5.42. The molecular weight excluding hydrogens is 270 g/mol. The number of carbonyl (C=O) groups excluding carboxylic acids is 1. The summed E-state index contributed by atoms with van der Waals surface area (Å²) in [7, 11) is 0. The SMILES string of the molecule is CC(=O)[C@H](C)Sc1nnc(NCc2ccco2)s1. The van der Waals surface area contributed by atoms with E-state index < -0.39 is 0 Å². The number of rotatable bonds is 6. The highest BCUT2D eigenvalue weighted by molar-refractivity contribution is 8.02. The molecule has 7 heteroatoms. The van der Waals surface area contributed by atoms with E-state index in [2.05, 4.69) is 15.5 Å². The van der Waals surface area contributed by atoms with E-state index in [1.807, 2.05) is 19.1 Å². The Balaban J connectivity index is 1.88. The summed E-state index contributed by atoms with van der Waals surface area (Å²) in [6.07, 6.45) is 1.63. The van der Waals surface area contributed by atoms with Gasteiger partial charge in [0.2, 0.25) is 5.13 Å². The highest BCUT2D eigenvalue weighted by Crippen LogP contribution is 2.29. The van der Waals surface area contributed by atoms with Crippen LogP contribution in [-0.2, 0) is 11.3 Å². The van der Waals surface area contributed by atoms with Crippen molar-refractivity contribution in [3.05, 3.63) is 24.2 Å². The van der Waals surface area contributed by atoms with Crippen LogP contribution in [0.4, 0.5) is 5.13 Å². The summed E-state index contributed by atoms with van der Waals surface area (Å²) in [6.45, 7) is 4.02. The summed E-state index contributed by atoms with van der Waals surface area (Å²) in [6, 6.07) is 3.73. The molecule has 1 atom stereocenters. The second-order valence-corrected chi connectivity index (χ2v) is 6.24. The van der Waals surface area contributed by atoms with Gasteiger partial charge in [0.1, 0.15) is 11.5 Å². The van der Waals surface area contributed by atoms with Crippen LogP contribution in [0.2, 0.25) is 0 Å². The first kappa shape index (κ1) is 13.1. The van der Waals surface area contributed by atoms with E-state index in [1.54, 1.807) is 13.2 Å². The number of nitrogens with zero attached hydrogens (tertiary/aromatic N) is 2. The maximum Gasteiger partial charge on any atom is 0.206 e. The molecule has 0 radical (unpaired) electrons. The number of hydrogen-bond acceptors (Lipinski definition) is 7. The lowest BCUT2D eigenvalue weighted by Gasteiger charge is -2.01. The van der Waals surface area contributed by atoms with E-state index >= 15 is 0 Å². The number of carbonyl (C=O) groups is 1. The minimum absolute atomic E-state index is 0.0872. The Morgan fingerprint density at radius 3 is 3.11 bits per heavy atom. The molecule has 0 fully saturated rings. The fourth-order valence-corrected chi connectivity index (χ4v) is 3.03. The second-order valence-electron chi connectivity index (χ2n) is 3.68. The molecule has 5 nitrogen and oxygen atoms in total. The van der Waals surface area contributed by atoms with E-state index in [0.29, 0.717) is 6.54 Å². The highest BCUT2D eigenvalue weighted by Gasteiger charge is 2.13. The standard InChI is InChI=1S/C11H13N3O2S2/c1-7(15)8(2)17-11-14-13-10(18-11)12-6-9-4-3-5-16-9/h3-5,8H,6H2,1-2H3,(H,12,13)/t8-/m0/s1. The number of Topliss-reactive ketones (excluding diaryl/α,β-unsaturated/α-hetero) is 1. The lowest BCUT2D eigenvalue weighted by molar-refractivity contribution is -0.116. The summed E-state index contributed by atoms with van der Waals surface area (Å²) >= 11 is 2.86. The zero-order valence-corrected chi connectivity index (χ0v) is 11.7. The van der Waals surface area contributed by atoms with Crippen molar-refractivity contribution in [2.75, 3.05) is 5.32 Å². The molecule has 0 spiro atoms. The van der Waals surface area contributed by atoms with Gasteiger partial charge in [0, 0.05) is 0 Å². The minimum Gasteiger partial charge on any atom is -0.467 e. The molecule has 0 aromatic carbocycles. The number of hydrogen-bond donors (Lipinski definition) is 1. The zero-order valence-electron chi connectivity index (χ0n) is 10.0. The third kappa shape index (κ3) is 3.58. The monoisotopic (exact) mass is 283 g/mol. The Morgan fingerprint density at radius 2 is 2.44 bits per heavy atom. The third-order valence-electron chi connectivity index (χ3n) is 2.25. The van der Waals surface area contributed by atoms with Gasteiger partial charge in [-0.25, -0.2) is 0 Å². The van der Waals surface area contributed by atoms with Crippen LogP contribution in [0.1, 0.15) is 19.6 Å². The predicted molar refractivity (Wildman–Crippen MR) is 71.9 cm³/mol. The number of anilines is 1. The summed E-state index contributed by atoms with van der Waals surface area (Å²) in [4.78, 5) is 11.1. The summed E-state index contributed by atoms with van der Waals surface area (Å²) in [5, 5.41) is 11.8. The smallest absolute Gasteiger partial charge is 0.206 e. The van der Waals surface area contributed by atoms with Gasteiger partial charge in [0.25, 0.3) is 0 Å². The molecule has 2 rings (SSSR count). The van der Waals surface area contributed by atoms with Crippen LogP contribution in [0.3, 0.4) is 0 Å². The Hall–Kier alpha value is -1.34. The van der Waals surface area contributed by atoms with E-state index in [0.717, 1.165) is 15.2 Å². The van der Waals surface area contributed by atoms with Crippen molar-refractivity contribution >= 4 is 34.0 Å². The Bertz CT molecular complexity index is 510. The maximum absolute atomic E-state index is 11.1. The lowest BCUT2D eigenvalue weighted by Crippen LogP contribution is -2.07. The van der Waals surface area contributed by atoms with Gasteiger partial charge in [-0.2, -0.15) is 0 Å². The van der Waals surface area contributed by atoms with E-state index in [1.165, 1.54) is 23.1 Å². The van der Waals surface area contributed by atoms with Crippen LogP contribution in [0.5, 0.6) is 0 Å². The van der Waals surface area contributed by atoms with Crippen molar-refractivity contribution in [1.82, 2.24) is 10.2 Å². The van der Waals surface area contributed by atoms with Gasteiger partial charge >= 0.3 is 0 Å². The molecule has 2 heterocycles.